The molecular weight excluding hydrogens is 375 g/mol. The summed E-state index contributed by atoms with van der Waals surface area (Å²) in [7, 11) is 0. The second-order valence-electron chi connectivity index (χ2n) is 6.66. The van der Waals surface area contributed by atoms with Gasteiger partial charge in [0.15, 0.2) is 0 Å². The zero-order valence-electron chi connectivity index (χ0n) is 15.6. The molecule has 0 saturated carbocycles. The van der Waals surface area contributed by atoms with E-state index in [0.29, 0.717) is 31.9 Å². The first-order chi connectivity index (χ1) is 14.1. The molecule has 1 aliphatic rings. The highest BCUT2D eigenvalue weighted by atomic mass is 19.1. The van der Waals surface area contributed by atoms with Gasteiger partial charge in [0.1, 0.15) is 24.5 Å². The van der Waals surface area contributed by atoms with E-state index in [9.17, 15) is 14.0 Å². The van der Waals surface area contributed by atoms with Crippen molar-refractivity contribution >= 4 is 11.7 Å². The van der Waals surface area contributed by atoms with Crippen molar-refractivity contribution in [2.24, 2.45) is 0 Å². The van der Waals surface area contributed by atoms with Crippen LogP contribution in [0, 0.1) is 5.82 Å². The molecule has 0 N–H and O–H groups in total. The smallest absolute Gasteiger partial charge is 0.267 e. The van der Waals surface area contributed by atoms with Crippen molar-refractivity contribution in [1.82, 2.24) is 24.6 Å². The standard InChI is InChI=1S/C20H19FN6O2/c21-16-5-3-15(4-6-16)17-12-18(23-14-22-17)25-8-10-26(11-9-25)20(29)13-27-19(28)2-1-7-24-27/h1-7,12,14H,8-11,13H2. The predicted molar refractivity (Wildman–Crippen MR) is 105 cm³/mol. The van der Waals surface area contributed by atoms with Crippen molar-refractivity contribution < 1.29 is 9.18 Å². The molecular formula is C20H19FN6O2. The number of hydrogen-bond acceptors (Lipinski definition) is 6. The Balaban J connectivity index is 1.40. The molecule has 8 nitrogen and oxygen atoms in total. The maximum Gasteiger partial charge on any atom is 0.267 e. The highest BCUT2D eigenvalue weighted by molar-refractivity contribution is 5.76. The summed E-state index contributed by atoms with van der Waals surface area (Å²) in [6.45, 7) is 2.21. The van der Waals surface area contributed by atoms with Gasteiger partial charge in [0.25, 0.3) is 5.56 Å². The summed E-state index contributed by atoms with van der Waals surface area (Å²) < 4.78 is 14.3. The molecule has 0 atom stereocenters. The molecule has 0 radical (unpaired) electrons. The van der Waals surface area contributed by atoms with Gasteiger partial charge in [-0.05, 0) is 30.3 Å². The van der Waals surface area contributed by atoms with Gasteiger partial charge in [-0.1, -0.05) is 0 Å². The number of carbonyl (C=O) groups excluding carboxylic acids is 1. The minimum absolute atomic E-state index is 0.0676. The zero-order valence-corrected chi connectivity index (χ0v) is 15.6. The molecule has 0 spiro atoms. The van der Waals surface area contributed by atoms with Gasteiger partial charge in [-0.25, -0.2) is 19.0 Å². The van der Waals surface area contributed by atoms with E-state index in [1.54, 1.807) is 23.1 Å². The molecule has 1 amide bonds. The van der Waals surface area contributed by atoms with E-state index < -0.39 is 0 Å². The quantitative estimate of drug-likeness (QED) is 0.661. The fourth-order valence-corrected chi connectivity index (χ4v) is 3.22. The third-order valence-corrected chi connectivity index (χ3v) is 4.82. The Kier molecular flexibility index (Phi) is 5.28. The van der Waals surface area contributed by atoms with Gasteiger partial charge in [-0.3, -0.25) is 9.59 Å². The number of aromatic nitrogens is 4. The Hall–Kier alpha value is -3.62. The Morgan fingerprint density at radius 3 is 2.52 bits per heavy atom. The highest BCUT2D eigenvalue weighted by Crippen LogP contribution is 2.22. The molecule has 1 aliphatic heterocycles. The Morgan fingerprint density at radius 1 is 1.03 bits per heavy atom. The first kappa shape index (κ1) is 18.7. The zero-order chi connectivity index (χ0) is 20.2. The summed E-state index contributed by atoms with van der Waals surface area (Å²) >= 11 is 0. The normalized spacial score (nSPS) is 14.1. The first-order valence-corrected chi connectivity index (χ1v) is 9.23. The predicted octanol–water partition coefficient (Wildman–Crippen LogP) is 1.19. The van der Waals surface area contributed by atoms with E-state index in [1.807, 2.05) is 6.07 Å². The monoisotopic (exact) mass is 394 g/mol. The lowest BCUT2D eigenvalue weighted by Crippen LogP contribution is -2.50. The number of carbonyl (C=O) groups is 1. The van der Waals surface area contributed by atoms with E-state index in [2.05, 4.69) is 20.0 Å². The maximum atomic E-state index is 13.1. The fraction of sp³-hybridized carbons (Fsp3) is 0.250. The number of piperazine rings is 1. The molecule has 29 heavy (non-hydrogen) atoms. The molecule has 148 valence electrons. The average Bonchev–Trinajstić information content (AvgIpc) is 2.76. The highest BCUT2D eigenvalue weighted by Gasteiger charge is 2.22. The summed E-state index contributed by atoms with van der Waals surface area (Å²) in [4.78, 5) is 36.6. The Labute approximate surface area is 166 Å². The summed E-state index contributed by atoms with van der Waals surface area (Å²) in [5.74, 6) is 0.323. The molecule has 0 bridgehead atoms. The summed E-state index contributed by atoms with van der Waals surface area (Å²) in [6, 6.07) is 10.9. The number of anilines is 1. The van der Waals surface area contributed by atoms with Gasteiger partial charge in [0.2, 0.25) is 5.91 Å². The van der Waals surface area contributed by atoms with Crippen molar-refractivity contribution in [3.63, 3.8) is 0 Å². The summed E-state index contributed by atoms with van der Waals surface area (Å²) in [6.07, 6.45) is 2.97. The van der Waals surface area contributed by atoms with Gasteiger partial charge in [-0.15, -0.1) is 0 Å². The maximum absolute atomic E-state index is 13.1. The van der Waals surface area contributed by atoms with Crippen LogP contribution in [0.4, 0.5) is 10.2 Å². The number of rotatable bonds is 4. The lowest BCUT2D eigenvalue weighted by atomic mass is 10.1. The number of hydrogen-bond donors (Lipinski definition) is 0. The Bertz CT molecular complexity index is 1060. The van der Waals surface area contributed by atoms with Gasteiger partial charge in [0.05, 0.1) is 5.69 Å². The van der Waals surface area contributed by atoms with Crippen LogP contribution >= 0.6 is 0 Å². The molecule has 1 aromatic carbocycles. The first-order valence-electron chi connectivity index (χ1n) is 9.23. The van der Waals surface area contributed by atoms with E-state index in [1.165, 1.54) is 30.7 Å². The number of benzene rings is 1. The molecule has 4 rings (SSSR count). The van der Waals surface area contributed by atoms with Crippen LogP contribution in [0.5, 0.6) is 0 Å². The van der Waals surface area contributed by atoms with Crippen molar-refractivity contribution in [3.05, 3.63) is 71.2 Å². The van der Waals surface area contributed by atoms with Crippen LogP contribution in [0.2, 0.25) is 0 Å². The number of amides is 1. The lowest BCUT2D eigenvalue weighted by molar-refractivity contribution is -0.132. The minimum atomic E-state index is -0.297. The second-order valence-corrected chi connectivity index (χ2v) is 6.66. The van der Waals surface area contributed by atoms with E-state index >= 15 is 0 Å². The molecule has 0 aliphatic carbocycles. The van der Waals surface area contributed by atoms with Crippen molar-refractivity contribution in [2.45, 2.75) is 6.54 Å². The molecule has 2 aromatic heterocycles. The van der Waals surface area contributed by atoms with Crippen LogP contribution in [-0.2, 0) is 11.3 Å². The Morgan fingerprint density at radius 2 is 1.79 bits per heavy atom. The number of halogens is 1. The van der Waals surface area contributed by atoms with Crippen molar-refractivity contribution in [2.75, 3.05) is 31.1 Å². The topological polar surface area (TPSA) is 84.2 Å². The third kappa shape index (κ3) is 4.29. The van der Waals surface area contributed by atoms with E-state index in [4.69, 9.17) is 0 Å². The molecule has 1 saturated heterocycles. The molecule has 9 heteroatoms. The minimum Gasteiger partial charge on any atom is -0.353 e. The van der Waals surface area contributed by atoms with E-state index in [0.717, 1.165) is 16.1 Å². The lowest BCUT2D eigenvalue weighted by Gasteiger charge is -2.35. The SMILES string of the molecule is O=C(Cn1ncccc1=O)N1CCN(c2cc(-c3ccc(F)cc3)ncn2)CC1. The molecule has 0 unspecified atom stereocenters. The van der Waals surface area contributed by atoms with E-state index in [-0.39, 0.29) is 23.8 Å². The van der Waals surface area contributed by atoms with Gasteiger partial charge >= 0.3 is 0 Å². The summed E-state index contributed by atoms with van der Waals surface area (Å²) in [5, 5.41) is 3.93. The molecule has 1 fully saturated rings. The summed E-state index contributed by atoms with van der Waals surface area (Å²) in [5.41, 5.74) is 1.22. The fourth-order valence-electron chi connectivity index (χ4n) is 3.22. The van der Waals surface area contributed by atoms with Crippen LogP contribution in [0.25, 0.3) is 11.3 Å². The largest absolute Gasteiger partial charge is 0.353 e. The van der Waals surface area contributed by atoms with Crippen LogP contribution in [0.3, 0.4) is 0 Å². The average molecular weight is 394 g/mol. The van der Waals surface area contributed by atoms with Crippen LogP contribution in [0.1, 0.15) is 0 Å². The molecule has 3 aromatic rings. The van der Waals surface area contributed by atoms with Crippen LogP contribution < -0.4 is 10.5 Å². The number of nitrogens with zero attached hydrogens (tertiary/aromatic N) is 6. The van der Waals surface area contributed by atoms with Gasteiger partial charge in [-0.2, -0.15) is 5.10 Å². The molecule has 3 heterocycles. The van der Waals surface area contributed by atoms with Crippen LogP contribution in [0.15, 0.2) is 59.8 Å². The third-order valence-electron chi connectivity index (χ3n) is 4.82. The van der Waals surface area contributed by atoms with Crippen molar-refractivity contribution in [3.8, 4) is 11.3 Å². The van der Waals surface area contributed by atoms with Gasteiger partial charge < -0.3 is 9.80 Å². The van der Waals surface area contributed by atoms with Crippen molar-refractivity contribution in [1.29, 1.82) is 0 Å². The van der Waals surface area contributed by atoms with Gasteiger partial charge in [0, 0.05) is 50.1 Å². The second kappa shape index (κ2) is 8.17. The van der Waals surface area contributed by atoms with Crippen LogP contribution in [-0.4, -0.2) is 56.7 Å².